The molecule has 2 N–H and O–H groups in total. The molecule has 15 heavy (non-hydrogen) atoms. The molecule has 1 rings (SSSR count). The van der Waals surface area contributed by atoms with E-state index < -0.39 is 15.5 Å². The number of hydrogen-bond acceptors (Lipinski definition) is 4. The third-order valence-corrected chi connectivity index (χ3v) is 3.57. The predicted molar refractivity (Wildman–Crippen MR) is 53.3 cm³/mol. The first-order valence-electron chi connectivity index (χ1n) is 4.86. The highest BCUT2D eigenvalue weighted by atomic mass is 32.3. The fraction of sp³-hybridized carbons (Fsp3) is 0.875. The van der Waals surface area contributed by atoms with E-state index in [0.717, 1.165) is 12.8 Å². The Labute approximate surface area is 88.6 Å². The molecule has 1 fully saturated rings. The number of likely N-dealkylation sites (tertiary alicyclic amines) is 1. The van der Waals surface area contributed by atoms with Gasteiger partial charge in [-0.25, -0.2) is 0 Å². The van der Waals surface area contributed by atoms with Crippen molar-refractivity contribution in [2.75, 3.05) is 19.6 Å². The van der Waals surface area contributed by atoms with E-state index in [-0.39, 0.29) is 18.9 Å². The molecule has 0 aromatic heterocycles. The SMILES string of the molecule is NCCCCN1CC(S(=O)(=O)F)CC1=O. The number of carbonyl (C=O) groups is 1. The van der Waals surface area contributed by atoms with Gasteiger partial charge in [-0.2, -0.15) is 8.42 Å². The zero-order valence-electron chi connectivity index (χ0n) is 8.36. The number of nitrogens with two attached hydrogens (primary N) is 1. The summed E-state index contributed by atoms with van der Waals surface area (Å²) in [5.41, 5.74) is 5.29. The molecule has 0 aromatic carbocycles. The highest BCUT2D eigenvalue weighted by Gasteiger charge is 2.37. The van der Waals surface area contributed by atoms with Crippen molar-refractivity contribution in [3.05, 3.63) is 0 Å². The Morgan fingerprint density at radius 1 is 1.47 bits per heavy atom. The topological polar surface area (TPSA) is 80.5 Å². The maximum atomic E-state index is 12.6. The second kappa shape index (κ2) is 4.89. The van der Waals surface area contributed by atoms with E-state index in [1.807, 2.05) is 0 Å². The van der Waals surface area contributed by atoms with Crippen LogP contribution in [0.1, 0.15) is 19.3 Å². The van der Waals surface area contributed by atoms with E-state index in [1.165, 1.54) is 4.90 Å². The summed E-state index contributed by atoms with van der Waals surface area (Å²) in [7, 11) is -4.59. The van der Waals surface area contributed by atoms with Gasteiger partial charge in [0.1, 0.15) is 5.25 Å². The van der Waals surface area contributed by atoms with Gasteiger partial charge in [0.25, 0.3) is 0 Å². The van der Waals surface area contributed by atoms with Gasteiger partial charge in [-0.05, 0) is 19.4 Å². The molecule has 1 aliphatic heterocycles. The summed E-state index contributed by atoms with van der Waals surface area (Å²) in [6, 6.07) is 0. The molecule has 5 nitrogen and oxygen atoms in total. The van der Waals surface area contributed by atoms with Gasteiger partial charge in [0.15, 0.2) is 0 Å². The van der Waals surface area contributed by atoms with E-state index in [9.17, 15) is 17.1 Å². The van der Waals surface area contributed by atoms with Crippen LogP contribution in [-0.2, 0) is 15.0 Å². The maximum Gasteiger partial charge on any atom is 0.307 e. The van der Waals surface area contributed by atoms with Crippen molar-refractivity contribution in [2.24, 2.45) is 5.73 Å². The van der Waals surface area contributed by atoms with Gasteiger partial charge in [-0.1, -0.05) is 0 Å². The van der Waals surface area contributed by atoms with E-state index in [4.69, 9.17) is 5.73 Å². The van der Waals surface area contributed by atoms with Crippen molar-refractivity contribution in [1.29, 1.82) is 0 Å². The Morgan fingerprint density at radius 3 is 2.60 bits per heavy atom. The molecule has 0 aromatic rings. The van der Waals surface area contributed by atoms with Gasteiger partial charge in [-0.3, -0.25) is 4.79 Å². The third-order valence-electron chi connectivity index (χ3n) is 2.46. The minimum atomic E-state index is -4.59. The first-order valence-corrected chi connectivity index (χ1v) is 6.31. The van der Waals surface area contributed by atoms with Crippen molar-refractivity contribution < 1.29 is 17.1 Å². The van der Waals surface area contributed by atoms with Crippen LogP contribution in [0.15, 0.2) is 0 Å². The normalized spacial score (nSPS) is 22.4. The van der Waals surface area contributed by atoms with Gasteiger partial charge in [0.05, 0.1) is 0 Å². The number of amides is 1. The number of hydrogen-bond donors (Lipinski definition) is 1. The molecule has 88 valence electrons. The third kappa shape index (κ3) is 3.42. The van der Waals surface area contributed by atoms with Crippen LogP contribution in [0.4, 0.5) is 3.89 Å². The van der Waals surface area contributed by atoms with Crippen molar-refractivity contribution in [3.8, 4) is 0 Å². The van der Waals surface area contributed by atoms with Crippen LogP contribution < -0.4 is 5.73 Å². The Morgan fingerprint density at radius 2 is 2.13 bits per heavy atom. The van der Waals surface area contributed by atoms with Crippen LogP contribution in [-0.4, -0.2) is 44.1 Å². The summed E-state index contributed by atoms with van der Waals surface area (Å²) < 4.78 is 33.8. The fourth-order valence-corrected chi connectivity index (χ4v) is 2.29. The van der Waals surface area contributed by atoms with Crippen molar-refractivity contribution >= 4 is 16.1 Å². The average molecular weight is 238 g/mol. The molecule has 1 saturated heterocycles. The van der Waals surface area contributed by atoms with Gasteiger partial charge in [0.2, 0.25) is 5.91 Å². The van der Waals surface area contributed by atoms with E-state index in [0.29, 0.717) is 13.1 Å². The zero-order valence-corrected chi connectivity index (χ0v) is 9.17. The van der Waals surface area contributed by atoms with Gasteiger partial charge >= 0.3 is 10.2 Å². The molecule has 7 heteroatoms. The minimum Gasteiger partial charge on any atom is -0.341 e. The summed E-state index contributed by atoms with van der Waals surface area (Å²) in [5, 5.41) is -1.18. The van der Waals surface area contributed by atoms with Gasteiger partial charge < -0.3 is 10.6 Å². The number of unbranched alkanes of at least 4 members (excludes halogenated alkanes) is 1. The van der Waals surface area contributed by atoms with Crippen LogP contribution >= 0.6 is 0 Å². The minimum absolute atomic E-state index is 0.0256. The lowest BCUT2D eigenvalue weighted by molar-refractivity contribution is -0.127. The highest BCUT2D eigenvalue weighted by molar-refractivity contribution is 7.87. The van der Waals surface area contributed by atoms with Crippen molar-refractivity contribution in [3.63, 3.8) is 0 Å². The maximum absolute atomic E-state index is 12.6. The van der Waals surface area contributed by atoms with Crippen molar-refractivity contribution in [1.82, 2.24) is 4.90 Å². The van der Waals surface area contributed by atoms with Crippen LogP contribution in [0.2, 0.25) is 0 Å². The second-order valence-electron chi connectivity index (χ2n) is 3.64. The zero-order chi connectivity index (χ0) is 11.5. The number of nitrogens with zero attached hydrogens (tertiary/aromatic N) is 1. The number of halogens is 1. The van der Waals surface area contributed by atoms with Gasteiger partial charge in [-0.15, -0.1) is 3.89 Å². The Hall–Kier alpha value is -0.690. The molecule has 0 saturated carbocycles. The molecular weight excluding hydrogens is 223 g/mol. The summed E-state index contributed by atoms with van der Waals surface area (Å²) in [6.45, 7) is 0.969. The second-order valence-corrected chi connectivity index (χ2v) is 5.26. The van der Waals surface area contributed by atoms with Crippen LogP contribution in [0.5, 0.6) is 0 Å². The Bertz CT molecular complexity index is 331. The Kier molecular flexibility index (Phi) is 4.04. The summed E-state index contributed by atoms with van der Waals surface area (Å²) >= 11 is 0. The monoisotopic (exact) mass is 238 g/mol. The fourth-order valence-electron chi connectivity index (χ4n) is 1.59. The lowest BCUT2D eigenvalue weighted by Crippen LogP contribution is -2.28. The van der Waals surface area contributed by atoms with E-state index >= 15 is 0 Å². The molecule has 0 radical (unpaired) electrons. The Balaban J connectivity index is 2.46. The molecule has 0 spiro atoms. The molecule has 1 aliphatic rings. The quantitative estimate of drug-likeness (QED) is 0.523. The number of carbonyl (C=O) groups excluding carboxylic acids is 1. The molecule has 1 amide bonds. The molecule has 0 aliphatic carbocycles. The van der Waals surface area contributed by atoms with Crippen molar-refractivity contribution in [2.45, 2.75) is 24.5 Å². The molecule has 0 bridgehead atoms. The predicted octanol–water partition coefficient (Wildman–Crippen LogP) is -0.375. The summed E-state index contributed by atoms with van der Waals surface area (Å²) in [6.07, 6.45) is 1.26. The average Bonchev–Trinajstić information content (AvgIpc) is 2.48. The lowest BCUT2D eigenvalue weighted by atomic mass is 10.3. The standard InChI is InChI=1S/C8H15FN2O3S/c9-15(13,14)7-5-8(12)11(6-7)4-2-1-3-10/h7H,1-6,10H2. The molecule has 1 heterocycles. The van der Waals surface area contributed by atoms with Gasteiger partial charge in [0, 0.05) is 19.5 Å². The number of rotatable bonds is 5. The summed E-state index contributed by atoms with van der Waals surface area (Å²) in [4.78, 5) is 12.7. The summed E-state index contributed by atoms with van der Waals surface area (Å²) in [5.74, 6) is -0.293. The highest BCUT2D eigenvalue weighted by Crippen LogP contribution is 2.19. The first-order chi connectivity index (χ1) is 6.95. The molecule has 1 atom stereocenters. The lowest BCUT2D eigenvalue weighted by Gasteiger charge is -2.15. The smallest absolute Gasteiger partial charge is 0.307 e. The van der Waals surface area contributed by atoms with E-state index in [2.05, 4.69) is 0 Å². The first kappa shape index (κ1) is 12.4. The largest absolute Gasteiger partial charge is 0.341 e. The molecular formula is C8H15FN2O3S. The van der Waals surface area contributed by atoms with E-state index in [1.54, 1.807) is 0 Å². The molecule has 1 unspecified atom stereocenters. The van der Waals surface area contributed by atoms with Crippen LogP contribution in [0.3, 0.4) is 0 Å². The van der Waals surface area contributed by atoms with Crippen LogP contribution in [0, 0.1) is 0 Å². The van der Waals surface area contributed by atoms with Crippen LogP contribution in [0.25, 0.3) is 0 Å².